The van der Waals surface area contributed by atoms with Crippen molar-refractivity contribution in [2.75, 3.05) is 12.3 Å². The van der Waals surface area contributed by atoms with E-state index in [0.717, 1.165) is 18.5 Å². The van der Waals surface area contributed by atoms with Crippen LogP contribution in [0.25, 0.3) is 11.0 Å². The van der Waals surface area contributed by atoms with Crippen molar-refractivity contribution in [3.05, 3.63) is 23.0 Å². The van der Waals surface area contributed by atoms with Crippen LogP contribution in [0, 0.1) is 6.92 Å². The first kappa shape index (κ1) is 18.8. The lowest BCUT2D eigenvalue weighted by Gasteiger charge is -2.20. The Labute approximate surface area is 153 Å². The molecule has 1 amide bonds. The predicted octanol–water partition coefficient (Wildman–Crippen LogP) is 1.39. The summed E-state index contributed by atoms with van der Waals surface area (Å²) in [5.41, 5.74) is 7.36. The van der Waals surface area contributed by atoms with Gasteiger partial charge in [0.05, 0.1) is 27.9 Å². The third-order valence-electron chi connectivity index (χ3n) is 4.34. The number of carbonyl (C=O) groups excluding carboxylic acids is 1. The van der Waals surface area contributed by atoms with E-state index in [-0.39, 0.29) is 17.8 Å². The molecule has 1 aliphatic carbocycles. The predicted molar refractivity (Wildman–Crippen MR) is 99.5 cm³/mol. The van der Waals surface area contributed by atoms with Gasteiger partial charge in [0.2, 0.25) is 10.0 Å². The van der Waals surface area contributed by atoms with Gasteiger partial charge in [-0.3, -0.25) is 4.79 Å². The Balaban J connectivity index is 2.18. The molecule has 0 spiro atoms. The fraction of sp³-hybridized carbons (Fsp3) is 0.588. The number of carbonyl (C=O) groups is 1. The minimum atomic E-state index is -3.77. The third-order valence-corrected chi connectivity index (χ3v) is 5.61. The summed E-state index contributed by atoms with van der Waals surface area (Å²) in [4.78, 5) is 17.5. The van der Waals surface area contributed by atoms with E-state index >= 15 is 0 Å². The molecule has 0 bridgehead atoms. The van der Waals surface area contributed by atoms with Crippen LogP contribution in [0.5, 0.6) is 0 Å². The van der Waals surface area contributed by atoms with E-state index in [2.05, 4.69) is 9.82 Å². The van der Waals surface area contributed by atoms with Crippen molar-refractivity contribution in [3.63, 3.8) is 0 Å². The number of hydrogen-bond acceptors (Lipinski definition) is 6. The molecule has 2 heterocycles. The van der Waals surface area contributed by atoms with Gasteiger partial charge in [0.15, 0.2) is 5.65 Å². The average Bonchev–Trinajstić information content (AvgIpc) is 3.29. The van der Waals surface area contributed by atoms with Crippen molar-refractivity contribution in [1.82, 2.24) is 19.5 Å². The monoisotopic (exact) mass is 379 g/mol. The Kier molecular flexibility index (Phi) is 4.56. The highest BCUT2D eigenvalue weighted by atomic mass is 32.2. The molecule has 0 aromatic carbocycles. The lowest BCUT2D eigenvalue weighted by molar-refractivity contribution is 0.0983. The number of amides is 1. The molecule has 8 nitrogen and oxygen atoms in total. The van der Waals surface area contributed by atoms with Gasteiger partial charge in [0, 0.05) is 18.2 Å². The molecule has 0 aliphatic heterocycles. The molecule has 3 rings (SSSR count). The van der Waals surface area contributed by atoms with Gasteiger partial charge in [-0.05, 0) is 46.6 Å². The lowest BCUT2D eigenvalue weighted by Crippen LogP contribution is -2.35. The second-order valence-corrected chi connectivity index (χ2v) is 9.62. The molecule has 2 aromatic rings. The second-order valence-electron chi connectivity index (χ2n) is 7.77. The molecule has 1 fully saturated rings. The molecule has 3 N–H and O–H groups in total. The summed E-state index contributed by atoms with van der Waals surface area (Å²) in [5, 5.41) is 5.15. The van der Waals surface area contributed by atoms with E-state index in [4.69, 9.17) is 10.7 Å². The molecule has 142 valence electrons. The van der Waals surface area contributed by atoms with Crippen LogP contribution in [0.1, 0.15) is 61.3 Å². The van der Waals surface area contributed by atoms with Gasteiger partial charge in [-0.15, -0.1) is 0 Å². The number of rotatable bonds is 5. The van der Waals surface area contributed by atoms with Gasteiger partial charge in [0.1, 0.15) is 0 Å². The van der Waals surface area contributed by atoms with Crippen molar-refractivity contribution in [2.24, 2.45) is 5.73 Å². The van der Waals surface area contributed by atoms with Crippen LogP contribution in [0.2, 0.25) is 0 Å². The lowest BCUT2D eigenvalue weighted by atomic mass is 10.1. The Hall–Kier alpha value is -2.00. The number of aryl methyl sites for hydroxylation is 1. The topological polar surface area (TPSA) is 120 Å². The summed E-state index contributed by atoms with van der Waals surface area (Å²) in [5.74, 6) is -0.651. The van der Waals surface area contributed by atoms with Crippen LogP contribution in [-0.2, 0) is 15.6 Å². The summed E-state index contributed by atoms with van der Waals surface area (Å²) in [6, 6.07) is 1.70. The average molecular weight is 379 g/mol. The summed E-state index contributed by atoms with van der Waals surface area (Å²) < 4.78 is 27.9. The van der Waals surface area contributed by atoms with E-state index in [0.29, 0.717) is 28.2 Å². The fourth-order valence-electron chi connectivity index (χ4n) is 2.95. The smallest absolute Gasteiger partial charge is 0.265 e. The number of nitrogens with one attached hydrogen (secondary N) is 1. The van der Waals surface area contributed by atoms with E-state index in [9.17, 15) is 13.2 Å². The summed E-state index contributed by atoms with van der Waals surface area (Å²) in [6.45, 7) is 7.78. The Morgan fingerprint density at radius 1 is 1.38 bits per heavy atom. The zero-order valence-electron chi connectivity index (χ0n) is 15.5. The Morgan fingerprint density at radius 3 is 2.58 bits per heavy atom. The fourth-order valence-corrected chi connectivity index (χ4v) is 3.75. The normalized spacial score (nSPS) is 15.4. The van der Waals surface area contributed by atoms with E-state index in [1.54, 1.807) is 17.7 Å². The summed E-state index contributed by atoms with van der Waals surface area (Å²) in [7, 11) is -3.77. The van der Waals surface area contributed by atoms with Crippen molar-refractivity contribution in [3.8, 4) is 0 Å². The molecule has 0 radical (unpaired) electrons. The minimum Gasteiger partial charge on any atom is -0.329 e. The first-order valence-electron chi connectivity index (χ1n) is 8.69. The number of pyridine rings is 1. The maximum Gasteiger partial charge on any atom is 0.265 e. The largest absolute Gasteiger partial charge is 0.329 e. The highest BCUT2D eigenvalue weighted by molar-refractivity contribution is 7.90. The Morgan fingerprint density at radius 2 is 2.04 bits per heavy atom. The van der Waals surface area contributed by atoms with Gasteiger partial charge in [0.25, 0.3) is 5.91 Å². The zero-order chi connectivity index (χ0) is 19.3. The van der Waals surface area contributed by atoms with E-state index in [1.807, 2.05) is 20.8 Å². The zero-order valence-corrected chi connectivity index (χ0v) is 16.4. The summed E-state index contributed by atoms with van der Waals surface area (Å²) >= 11 is 0. The molecule has 2 aromatic heterocycles. The first-order valence-corrected chi connectivity index (χ1v) is 10.3. The molecule has 0 saturated heterocycles. The van der Waals surface area contributed by atoms with Crippen LogP contribution < -0.4 is 10.5 Å². The highest BCUT2D eigenvalue weighted by Gasteiger charge is 2.31. The quantitative estimate of drug-likeness (QED) is 0.810. The van der Waals surface area contributed by atoms with Crippen LogP contribution >= 0.6 is 0 Å². The van der Waals surface area contributed by atoms with Gasteiger partial charge < -0.3 is 5.73 Å². The van der Waals surface area contributed by atoms with E-state index < -0.39 is 15.9 Å². The van der Waals surface area contributed by atoms with Gasteiger partial charge >= 0.3 is 0 Å². The molecule has 0 unspecified atom stereocenters. The number of nitrogens with two attached hydrogens (primary N) is 1. The Bertz CT molecular complexity index is 968. The standard InChI is InChI=1S/C17H25N5O3S/c1-10-14-12(16(23)21-26(24,25)8-7-18)9-13(11-5-6-11)19-15(14)22(20-10)17(2,3)4/h9,11H,5-8,18H2,1-4H3,(H,21,23). The molecule has 1 aliphatic rings. The number of aromatic nitrogens is 3. The number of fused-ring (bicyclic) bond motifs is 1. The van der Waals surface area contributed by atoms with Crippen LogP contribution in [0.4, 0.5) is 0 Å². The molecule has 26 heavy (non-hydrogen) atoms. The van der Waals surface area contributed by atoms with Crippen molar-refractivity contribution < 1.29 is 13.2 Å². The van der Waals surface area contributed by atoms with Crippen LogP contribution in [0.15, 0.2) is 6.07 Å². The first-order chi connectivity index (χ1) is 12.0. The highest BCUT2D eigenvalue weighted by Crippen LogP contribution is 2.41. The number of sulfonamides is 1. The maximum absolute atomic E-state index is 12.8. The van der Waals surface area contributed by atoms with Crippen molar-refractivity contribution >= 4 is 27.0 Å². The van der Waals surface area contributed by atoms with Gasteiger partial charge in [-0.25, -0.2) is 22.8 Å². The molecule has 9 heteroatoms. The second kappa shape index (κ2) is 6.31. The number of nitrogens with zero attached hydrogens (tertiary/aromatic N) is 3. The van der Waals surface area contributed by atoms with Crippen molar-refractivity contribution in [2.45, 2.75) is 52.0 Å². The van der Waals surface area contributed by atoms with Crippen LogP contribution in [0.3, 0.4) is 0 Å². The molecule has 1 saturated carbocycles. The van der Waals surface area contributed by atoms with E-state index in [1.165, 1.54) is 0 Å². The molecular formula is C17H25N5O3S. The molecule has 0 atom stereocenters. The van der Waals surface area contributed by atoms with Crippen LogP contribution in [-0.4, -0.2) is 41.4 Å². The SMILES string of the molecule is Cc1nn(C(C)(C)C)c2nc(C3CC3)cc(C(=O)NS(=O)(=O)CCN)c12. The molecular weight excluding hydrogens is 354 g/mol. The summed E-state index contributed by atoms with van der Waals surface area (Å²) in [6.07, 6.45) is 2.04. The van der Waals surface area contributed by atoms with Crippen molar-refractivity contribution in [1.29, 1.82) is 0 Å². The van der Waals surface area contributed by atoms with Gasteiger partial charge in [-0.1, -0.05) is 0 Å². The number of hydrogen-bond donors (Lipinski definition) is 2. The van der Waals surface area contributed by atoms with Gasteiger partial charge in [-0.2, -0.15) is 5.10 Å². The minimum absolute atomic E-state index is 0.0529. The third kappa shape index (κ3) is 3.59. The maximum atomic E-state index is 12.8.